The van der Waals surface area contributed by atoms with E-state index in [1.807, 2.05) is 50.2 Å². The molecule has 1 aromatic carbocycles. The highest BCUT2D eigenvalue weighted by molar-refractivity contribution is 5.30. The van der Waals surface area contributed by atoms with E-state index < -0.39 is 0 Å². The normalized spacial score (nSPS) is 12.0. The first-order chi connectivity index (χ1) is 9.58. The zero-order valence-corrected chi connectivity index (χ0v) is 12.1. The fourth-order valence-corrected chi connectivity index (χ4v) is 1.92. The first-order valence-electron chi connectivity index (χ1n) is 6.58. The maximum Gasteiger partial charge on any atom is 0.130 e. The minimum Gasteiger partial charge on any atom is -0.497 e. The lowest BCUT2D eigenvalue weighted by atomic mass is 10.1. The van der Waals surface area contributed by atoms with Gasteiger partial charge >= 0.3 is 0 Å². The Labute approximate surface area is 119 Å². The largest absolute Gasteiger partial charge is 0.497 e. The second-order valence-electron chi connectivity index (χ2n) is 4.79. The summed E-state index contributed by atoms with van der Waals surface area (Å²) >= 11 is 0. The van der Waals surface area contributed by atoms with Gasteiger partial charge < -0.3 is 15.2 Å². The van der Waals surface area contributed by atoms with Crippen LogP contribution in [0.2, 0.25) is 0 Å². The molecule has 0 saturated heterocycles. The Kier molecular flexibility index (Phi) is 4.58. The van der Waals surface area contributed by atoms with Gasteiger partial charge in [-0.05, 0) is 31.5 Å². The molecule has 0 unspecified atom stereocenters. The van der Waals surface area contributed by atoms with Crippen molar-refractivity contribution in [1.29, 1.82) is 0 Å². The molecule has 2 N–H and O–H groups in total. The molecular formula is C16H20N2O2. The number of aromatic nitrogens is 1. The van der Waals surface area contributed by atoms with Crippen LogP contribution in [-0.2, 0) is 6.61 Å². The van der Waals surface area contributed by atoms with Crippen molar-refractivity contribution in [2.45, 2.75) is 26.5 Å². The summed E-state index contributed by atoms with van der Waals surface area (Å²) in [5, 5.41) is 0. The van der Waals surface area contributed by atoms with Crippen LogP contribution < -0.4 is 15.2 Å². The number of hydrogen-bond acceptors (Lipinski definition) is 4. The molecule has 1 atom stereocenters. The van der Waals surface area contributed by atoms with Crippen molar-refractivity contribution in [3.63, 3.8) is 0 Å². The van der Waals surface area contributed by atoms with E-state index in [-0.39, 0.29) is 6.04 Å². The zero-order chi connectivity index (χ0) is 14.5. The van der Waals surface area contributed by atoms with Gasteiger partial charge in [-0.2, -0.15) is 0 Å². The van der Waals surface area contributed by atoms with Crippen LogP contribution in [-0.4, -0.2) is 12.1 Å². The zero-order valence-electron chi connectivity index (χ0n) is 12.1. The third kappa shape index (κ3) is 3.71. The molecule has 0 aliphatic rings. The topological polar surface area (TPSA) is 57.4 Å². The summed E-state index contributed by atoms with van der Waals surface area (Å²) in [6, 6.07) is 11.6. The molecule has 0 saturated carbocycles. The van der Waals surface area contributed by atoms with E-state index in [9.17, 15) is 0 Å². The lowest BCUT2D eigenvalue weighted by molar-refractivity contribution is 0.299. The van der Waals surface area contributed by atoms with Crippen LogP contribution in [0.5, 0.6) is 11.5 Å². The Bertz CT molecular complexity index is 565. The fraction of sp³-hybridized carbons (Fsp3) is 0.312. The summed E-state index contributed by atoms with van der Waals surface area (Å²) in [5.74, 6) is 1.60. The quantitative estimate of drug-likeness (QED) is 0.909. The average molecular weight is 272 g/mol. The Morgan fingerprint density at radius 3 is 2.45 bits per heavy atom. The summed E-state index contributed by atoms with van der Waals surface area (Å²) in [4.78, 5) is 4.42. The van der Waals surface area contributed by atoms with Crippen molar-refractivity contribution in [3.05, 3.63) is 53.3 Å². The van der Waals surface area contributed by atoms with Crippen LogP contribution in [0.1, 0.15) is 29.9 Å². The number of aryl methyl sites for hydroxylation is 1. The highest BCUT2D eigenvalue weighted by Gasteiger charge is 2.03. The molecule has 4 heteroatoms. The van der Waals surface area contributed by atoms with Crippen molar-refractivity contribution >= 4 is 0 Å². The Morgan fingerprint density at radius 2 is 1.85 bits per heavy atom. The van der Waals surface area contributed by atoms with Gasteiger partial charge in [0.15, 0.2) is 0 Å². The van der Waals surface area contributed by atoms with Gasteiger partial charge in [-0.15, -0.1) is 0 Å². The molecule has 0 bridgehead atoms. The van der Waals surface area contributed by atoms with Gasteiger partial charge in [0.2, 0.25) is 0 Å². The summed E-state index contributed by atoms with van der Waals surface area (Å²) in [7, 11) is 1.64. The molecule has 4 nitrogen and oxygen atoms in total. The minimum absolute atomic E-state index is 0.0340. The Balaban J connectivity index is 2.03. The van der Waals surface area contributed by atoms with Gasteiger partial charge in [0.05, 0.1) is 12.8 Å². The summed E-state index contributed by atoms with van der Waals surface area (Å²) < 4.78 is 10.9. The molecule has 0 amide bonds. The van der Waals surface area contributed by atoms with Crippen LogP contribution in [0.3, 0.4) is 0 Å². The lowest BCUT2D eigenvalue weighted by Gasteiger charge is -2.10. The van der Waals surface area contributed by atoms with E-state index in [0.717, 1.165) is 28.5 Å². The third-order valence-electron chi connectivity index (χ3n) is 3.01. The fourth-order valence-electron chi connectivity index (χ4n) is 1.92. The lowest BCUT2D eigenvalue weighted by Crippen LogP contribution is -2.05. The second-order valence-corrected chi connectivity index (χ2v) is 4.79. The number of hydrogen-bond donors (Lipinski definition) is 1. The first kappa shape index (κ1) is 14.3. The summed E-state index contributed by atoms with van der Waals surface area (Å²) in [6.45, 7) is 4.30. The molecule has 106 valence electrons. The van der Waals surface area contributed by atoms with E-state index >= 15 is 0 Å². The molecule has 0 aliphatic heterocycles. The van der Waals surface area contributed by atoms with E-state index in [2.05, 4.69) is 4.98 Å². The third-order valence-corrected chi connectivity index (χ3v) is 3.01. The van der Waals surface area contributed by atoms with Gasteiger partial charge in [0, 0.05) is 23.9 Å². The number of benzene rings is 1. The molecule has 0 radical (unpaired) electrons. The highest BCUT2D eigenvalue weighted by atomic mass is 16.5. The predicted molar refractivity (Wildman–Crippen MR) is 78.9 cm³/mol. The van der Waals surface area contributed by atoms with Crippen molar-refractivity contribution < 1.29 is 9.47 Å². The molecule has 1 aromatic heterocycles. The SMILES string of the molecule is COc1cc(C)nc(COc2ccc([C@@H](C)N)cc2)c1. The second kappa shape index (κ2) is 6.39. The number of pyridine rings is 1. The van der Waals surface area contributed by atoms with Crippen LogP contribution in [0, 0.1) is 6.92 Å². The van der Waals surface area contributed by atoms with E-state index in [1.165, 1.54) is 0 Å². The van der Waals surface area contributed by atoms with Crippen molar-refractivity contribution in [1.82, 2.24) is 4.98 Å². The Morgan fingerprint density at radius 1 is 1.15 bits per heavy atom. The molecule has 1 heterocycles. The molecule has 0 aliphatic carbocycles. The van der Waals surface area contributed by atoms with Gasteiger partial charge in [-0.25, -0.2) is 0 Å². The van der Waals surface area contributed by atoms with Crippen LogP contribution >= 0.6 is 0 Å². The number of nitrogens with two attached hydrogens (primary N) is 1. The van der Waals surface area contributed by atoms with Crippen LogP contribution in [0.25, 0.3) is 0 Å². The molecule has 20 heavy (non-hydrogen) atoms. The van der Waals surface area contributed by atoms with Crippen LogP contribution in [0.15, 0.2) is 36.4 Å². The van der Waals surface area contributed by atoms with Gasteiger partial charge in [0.25, 0.3) is 0 Å². The minimum atomic E-state index is 0.0340. The van der Waals surface area contributed by atoms with Gasteiger partial charge in [0.1, 0.15) is 18.1 Å². The molecular weight excluding hydrogens is 252 g/mol. The monoisotopic (exact) mass is 272 g/mol. The van der Waals surface area contributed by atoms with Crippen molar-refractivity contribution in [3.8, 4) is 11.5 Å². The maximum absolute atomic E-state index is 5.81. The molecule has 2 rings (SSSR count). The average Bonchev–Trinajstić information content (AvgIpc) is 2.45. The van der Waals surface area contributed by atoms with Gasteiger partial charge in [-0.3, -0.25) is 4.98 Å². The summed E-state index contributed by atoms with van der Waals surface area (Å²) in [5.41, 5.74) is 8.66. The standard InChI is InChI=1S/C16H20N2O2/c1-11-8-16(19-3)9-14(18-11)10-20-15-6-4-13(5-7-15)12(2)17/h4-9,12H,10,17H2,1-3H3/t12-/m1/s1. The predicted octanol–water partition coefficient (Wildman–Crippen LogP) is 3.00. The smallest absolute Gasteiger partial charge is 0.130 e. The number of methoxy groups -OCH3 is 1. The molecule has 2 aromatic rings. The Hall–Kier alpha value is -2.07. The maximum atomic E-state index is 5.81. The van der Waals surface area contributed by atoms with Gasteiger partial charge in [-0.1, -0.05) is 12.1 Å². The molecule has 0 fully saturated rings. The van der Waals surface area contributed by atoms with Crippen molar-refractivity contribution in [2.24, 2.45) is 5.73 Å². The number of rotatable bonds is 5. The van der Waals surface area contributed by atoms with Crippen LogP contribution in [0.4, 0.5) is 0 Å². The van der Waals surface area contributed by atoms with E-state index in [0.29, 0.717) is 6.61 Å². The van der Waals surface area contributed by atoms with E-state index in [4.69, 9.17) is 15.2 Å². The van der Waals surface area contributed by atoms with E-state index in [1.54, 1.807) is 7.11 Å². The van der Waals surface area contributed by atoms with Crippen molar-refractivity contribution in [2.75, 3.05) is 7.11 Å². The highest BCUT2D eigenvalue weighted by Crippen LogP contribution is 2.18. The molecule has 0 spiro atoms. The summed E-state index contributed by atoms with van der Waals surface area (Å²) in [6.07, 6.45) is 0. The number of ether oxygens (including phenoxy) is 2. The number of nitrogens with zero attached hydrogens (tertiary/aromatic N) is 1. The first-order valence-corrected chi connectivity index (χ1v) is 6.58.